The van der Waals surface area contributed by atoms with Crippen molar-refractivity contribution in [3.8, 4) is 0 Å². The summed E-state index contributed by atoms with van der Waals surface area (Å²) in [5, 5.41) is 2.00. The van der Waals surface area contributed by atoms with Gasteiger partial charge in [-0.05, 0) is 40.2 Å². The van der Waals surface area contributed by atoms with Gasteiger partial charge in [0, 0.05) is 28.8 Å². The molecule has 0 aliphatic carbocycles. The molecule has 0 amide bonds. The van der Waals surface area contributed by atoms with Gasteiger partial charge in [-0.3, -0.25) is 4.79 Å². The summed E-state index contributed by atoms with van der Waals surface area (Å²) >= 11 is 5.06. The number of hydrogen-bond acceptors (Lipinski definition) is 3. The van der Waals surface area contributed by atoms with Crippen LogP contribution in [0.5, 0.6) is 0 Å². The molecule has 1 unspecified atom stereocenters. The Morgan fingerprint density at radius 2 is 2.53 bits per heavy atom. The van der Waals surface area contributed by atoms with Gasteiger partial charge in [0.25, 0.3) is 0 Å². The molecule has 1 aliphatic heterocycles. The lowest BCUT2D eigenvalue weighted by Gasteiger charge is -2.07. The Balaban J connectivity index is 1.84. The molecular formula is C11H13BrO2S. The number of rotatable bonds is 4. The number of ketones is 1. The highest BCUT2D eigenvalue weighted by molar-refractivity contribution is 9.10. The Bertz CT molecular complexity index is 342. The van der Waals surface area contributed by atoms with Gasteiger partial charge in [-0.2, -0.15) is 0 Å². The van der Waals surface area contributed by atoms with Crippen LogP contribution < -0.4 is 0 Å². The molecule has 0 bridgehead atoms. The Morgan fingerprint density at radius 3 is 3.13 bits per heavy atom. The third kappa shape index (κ3) is 3.13. The second-order valence-electron chi connectivity index (χ2n) is 3.75. The molecule has 1 fully saturated rings. The molecule has 2 heterocycles. The maximum absolute atomic E-state index is 11.7. The average molecular weight is 289 g/mol. The van der Waals surface area contributed by atoms with Crippen LogP contribution >= 0.6 is 27.3 Å². The van der Waals surface area contributed by atoms with E-state index in [4.69, 9.17) is 4.74 Å². The SMILES string of the molecule is O=C(Cc1sccc1Br)CC1CCCO1. The normalized spacial score (nSPS) is 20.7. The average Bonchev–Trinajstić information content (AvgIpc) is 2.79. The second-order valence-corrected chi connectivity index (χ2v) is 5.60. The summed E-state index contributed by atoms with van der Waals surface area (Å²) in [6, 6.07) is 1.99. The lowest BCUT2D eigenvalue weighted by Crippen LogP contribution is -2.13. The van der Waals surface area contributed by atoms with Crippen molar-refractivity contribution in [3.05, 3.63) is 20.8 Å². The van der Waals surface area contributed by atoms with Gasteiger partial charge in [-0.15, -0.1) is 11.3 Å². The highest BCUT2D eigenvalue weighted by Crippen LogP contribution is 2.24. The lowest BCUT2D eigenvalue weighted by molar-refractivity contribution is -0.120. The Kier molecular flexibility index (Phi) is 3.94. The maximum atomic E-state index is 11.7. The van der Waals surface area contributed by atoms with E-state index >= 15 is 0 Å². The van der Waals surface area contributed by atoms with Crippen LogP contribution in [0.4, 0.5) is 0 Å². The fraction of sp³-hybridized carbons (Fsp3) is 0.545. The number of thiophene rings is 1. The Morgan fingerprint density at radius 1 is 1.67 bits per heavy atom. The summed E-state index contributed by atoms with van der Waals surface area (Å²) in [7, 11) is 0. The van der Waals surface area contributed by atoms with Gasteiger partial charge >= 0.3 is 0 Å². The zero-order valence-corrected chi connectivity index (χ0v) is 10.8. The molecule has 1 saturated heterocycles. The molecular weight excluding hydrogens is 276 g/mol. The molecule has 0 aromatic carbocycles. The fourth-order valence-electron chi connectivity index (χ4n) is 1.76. The van der Waals surface area contributed by atoms with E-state index in [1.807, 2.05) is 11.4 Å². The van der Waals surface area contributed by atoms with E-state index in [-0.39, 0.29) is 11.9 Å². The Hall–Kier alpha value is -0.190. The van der Waals surface area contributed by atoms with E-state index in [9.17, 15) is 4.79 Å². The second kappa shape index (κ2) is 5.23. The van der Waals surface area contributed by atoms with Crippen molar-refractivity contribution in [2.75, 3.05) is 6.61 Å². The van der Waals surface area contributed by atoms with Gasteiger partial charge < -0.3 is 4.74 Å². The summed E-state index contributed by atoms with van der Waals surface area (Å²) < 4.78 is 6.49. The van der Waals surface area contributed by atoms with Gasteiger partial charge in [0.15, 0.2) is 0 Å². The highest BCUT2D eigenvalue weighted by atomic mass is 79.9. The zero-order valence-electron chi connectivity index (χ0n) is 8.37. The molecule has 0 N–H and O–H groups in total. The number of Topliss-reactive ketones (excluding diaryl/α,β-unsaturated/α-hetero) is 1. The van der Waals surface area contributed by atoms with Crippen LogP contribution in [0.2, 0.25) is 0 Å². The first-order valence-electron chi connectivity index (χ1n) is 5.11. The van der Waals surface area contributed by atoms with E-state index in [0.717, 1.165) is 28.8 Å². The molecule has 0 saturated carbocycles. The van der Waals surface area contributed by atoms with Crippen LogP contribution in [-0.4, -0.2) is 18.5 Å². The molecule has 0 radical (unpaired) electrons. The van der Waals surface area contributed by atoms with Gasteiger partial charge in [-0.1, -0.05) is 0 Å². The van der Waals surface area contributed by atoms with Gasteiger partial charge in [0.05, 0.1) is 6.10 Å². The van der Waals surface area contributed by atoms with Crippen LogP contribution in [0.3, 0.4) is 0 Å². The fourth-order valence-corrected chi connectivity index (χ4v) is 3.28. The van der Waals surface area contributed by atoms with Crippen molar-refractivity contribution >= 4 is 33.0 Å². The van der Waals surface area contributed by atoms with E-state index in [2.05, 4.69) is 15.9 Å². The van der Waals surface area contributed by atoms with Crippen LogP contribution in [-0.2, 0) is 16.0 Å². The molecule has 0 spiro atoms. The van der Waals surface area contributed by atoms with Gasteiger partial charge in [-0.25, -0.2) is 0 Å². The molecule has 1 aliphatic rings. The van der Waals surface area contributed by atoms with Crippen LogP contribution in [0.15, 0.2) is 15.9 Å². The number of hydrogen-bond donors (Lipinski definition) is 0. The van der Waals surface area contributed by atoms with Crippen LogP contribution in [0.1, 0.15) is 24.1 Å². The minimum absolute atomic E-state index is 0.177. The predicted molar refractivity (Wildman–Crippen MR) is 64.3 cm³/mol. The molecule has 4 heteroatoms. The lowest BCUT2D eigenvalue weighted by atomic mass is 10.1. The molecule has 1 aromatic heterocycles. The van der Waals surface area contributed by atoms with E-state index in [1.54, 1.807) is 11.3 Å². The van der Waals surface area contributed by atoms with E-state index in [0.29, 0.717) is 12.8 Å². The van der Waals surface area contributed by atoms with Crippen molar-refractivity contribution in [3.63, 3.8) is 0 Å². The first-order chi connectivity index (χ1) is 7.25. The first-order valence-corrected chi connectivity index (χ1v) is 6.78. The van der Waals surface area contributed by atoms with E-state index in [1.165, 1.54) is 0 Å². The third-order valence-corrected chi connectivity index (χ3v) is 4.45. The van der Waals surface area contributed by atoms with Crippen molar-refractivity contribution in [1.82, 2.24) is 0 Å². The van der Waals surface area contributed by atoms with Gasteiger partial charge in [0.2, 0.25) is 0 Å². The quantitative estimate of drug-likeness (QED) is 0.851. The van der Waals surface area contributed by atoms with Crippen LogP contribution in [0, 0.1) is 0 Å². The smallest absolute Gasteiger partial charge is 0.140 e. The summed E-state index contributed by atoms with van der Waals surface area (Å²) in [6.45, 7) is 0.820. The predicted octanol–water partition coefficient (Wildman–Crippen LogP) is 3.19. The van der Waals surface area contributed by atoms with Crippen molar-refractivity contribution in [2.24, 2.45) is 0 Å². The number of halogens is 1. The molecule has 2 rings (SSSR count). The number of carbonyl (C=O) groups is 1. The molecule has 2 nitrogen and oxygen atoms in total. The minimum Gasteiger partial charge on any atom is -0.378 e. The van der Waals surface area contributed by atoms with Crippen molar-refractivity contribution < 1.29 is 9.53 Å². The standard InChI is InChI=1S/C11H13BrO2S/c12-10-3-5-15-11(10)7-8(13)6-9-2-1-4-14-9/h3,5,9H,1-2,4,6-7H2. The van der Waals surface area contributed by atoms with Crippen molar-refractivity contribution in [1.29, 1.82) is 0 Å². The number of ether oxygens (including phenoxy) is 1. The molecule has 1 atom stereocenters. The first kappa shape index (κ1) is 11.3. The molecule has 1 aromatic rings. The largest absolute Gasteiger partial charge is 0.378 e. The number of carbonyl (C=O) groups excluding carboxylic acids is 1. The Labute approximate surface area is 102 Å². The van der Waals surface area contributed by atoms with Crippen LogP contribution in [0.25, 0.3) is 0 Å². The zero-order chi connectivity index (χ0) is 10.7. The highest BCUT2D eigenvalue weighted by Gasteiger charge is 2.19. The van der Waals surface area contributed by atoms with Crippen molar-refractivity contribution in [2.45, 2.75) is 31.8 Å². The maximum Gasteiger partial charge on any atom is 0.140 e. The summed E-state index contributed by atoms with van der Waals surface area (Å²) in [6.07, 6.45) is 3.43. The third-order valence-electron chi connectivity index (χ3n) is 2.53. The summed E-state index contributed by atoms with van der Waals surface area (Å²) in [5.41, 5.74) is 0. The van der Waals surface area contributed by atoms with Gasteiger partial charge in [0.1, 0.15) is 5.78 Å². The van der Waals surface area contributed by atoms with E-state index < -0.39 is 0 Å². The summed E-state index contributed by atoms with van der Waals surface area (Å²) in [5.74, 6) is 0.282. The molecule has 15 heavy (non-hydrogen) atoms. The minimum atomic E-state index is 0.177. The summed E-state index contributed by atoms with van der Waals surface area (Å²) in [4.78, 5) is 12.8. The monoisotopic (exact) mass is 288 g/mol. The topological polar surface area (TPSA) is 26.3 Å². The molecule has 82 valence electrons.